The molecule has 2 aliphatic rings. The molecule has 0 radical (unpaired) electrons. The molecule has 11 heteroatoms. The van der Waals surface area contributed by atoms with Crippen molar-refractivity contribution in [3.63, 3.8) is 0 Å². The third kappa shape index (κ3) is 7.15. The summed E-state index contributed by atoms with van der Waals surface area (Å²) in [6.07, 6.45) is 0.951. The van der Waals surface area contributed by atoms with Crippen LogP contribution in [0.2, 0.25) is 0 Å². The Morgan fingerprint density at radius 1 is 1.04 bits per heavy atom. The summed E-state index contributed by atoms with van der Waals surface area (Å²) in [5.74, 6) is 0.828. The number of likely N-dealkylation sites (N-methyl/N-ethyl adjacent to an activating group) is 1. The molecule has 3 aromatic carbocycles. The van der Waals surface area contributed by atoms with Gasteiger partial charge in [0.15, 0.2) is 11.5 Å². The molecule has 248 valence electrons. The zero-order valence-electron chi connectivity index (χ0n) is 27.8. The summed E-state index contributed by atoms with van der Waals surface area (Å²) in [5, 5.41) is 10.9. The number of ether oxygens (including phenoxy) is 3. The number of hydrogen-bond acceptors (Lipinski definition) is 9. The van der Waals surface area contributed by atoms with E-state index in [-0.39, 0.29) is 41.8 Å². The topological polar surface area (TPSA) is 124 Å². The number of rotatable bonds is 11. The molecule has 0 saturated carbocycles. The van der Waals surface area contributed by atoms with Gasteiger partial charge < -0.3 is 24.0 Å². The number of nitro groups is 1. The molecule has 0 N–H and O–H groups in total. The molecule has 1 saturated heterocycles. The highest BCUT2D eigenvalue weighted by Crippen LogP contribution is 2.42. The fourth-order valence-electron chi connectivity index (χ4n) is 6.49. The van der Waals surface area contributed by atoms with Crippen molar-refractivity contribution in [1.82, 2.24) is 9.80 Å². The number of nitrogens with zero attached hydrogens (tertiary/aromatic N) is 4. The number of carbonyl (C=O) groups is 2. The number of amides is 1. The minimum atomic E-state index is -0.613. The van der Waals surface area contributed by atoms with Crippen molar-refractivity contribution in [3.8, 4) is 11.5 Å². The van der Waals surface area contributed by atoms with Gasteiger partial charge in [0.2, 0.25) is 0 Å². The first-order chi connectivity index (χ1) is 22.5. The van der Waals surface area contributed by atoms with Gasteiger partial charge in [0.25, 0.3) is 11.6 Å². The quantitative estimate of drug-likeness (QED) is 0.147. The molecular weight excluding hydrogens is 600 g/mol. The average Bonchev–Trinajstić information content (AvgIpc) is 3.06. The monoisotopic (exact) mass is 642 g/mol. The van der Waals surface area contributed by atoms with Crippen LogP contribution in [0.5, 0.6) is 11.5 Å². The van der Waals surface area contributed by atoms with Crippen molar-refractivity contribution in [1.29, 1.82) is 0 Å². The summed E-state index contributed by atoms with van der Waals surface area (Å²) in [4.78, 5) is 46.1. The Bertz CT molecular complexity index is 1650. The van der Waals surface area contributed by atoms with Crippen molar-refractivity contribution in [3.05, 3.63) is 98.6 Å². The Hall–Kier alpha value is -4.77. The number of fused-ring (bicyclic) bond motifs is 3. The Morgan fingerprint density at radius 3 is 2.34 bits per heavy atom. The zero-order chi connectivity index (χ0) is 33.8. The highest BCUT2D eigenvalue weighted by Gasteiger charge is 2.36. The normalized spacial score (nSPS) is 18.0. The van der Waals surface area contributed by atoms with Crippen LogP contribution in [0.25, 0.3) is 0 Å². The van der Waals surface area contributed by atoms with Crippen LogP contribution in [-0.4, -0.2) is 90.9 Å². The molecule has 0 aromatic heterocycles. The van der Waals surface area contributed by atoms with Crippen LogP contribution in [-0.2, 0) is 4.74 Å². The van der Waals surface area contributed by atoms with E-state index in [0.29, 0.717) is 17.9 Å². The Kier molecular flexibility index (Phi) is 10.2. The van der Waals surface area contributed by atoms with Crippen LogP contribution in [0.15, 0.2) is 65.7 Å². The molecular formula is C36H42N4O7. The number of hydrogen-bond donors (Lipinski definition) is 0. The number of methoxy groups -OCH3 is 1. The van der Waals surface area contributed by atoms with E-state index >= 15 is 0 Å². The van der Waals surface area contributed by atoms with E-state index in [1.54, 1.807) is 12.0 Å². The number of piperidine rings is 1. The molecule has 3 atom stereocenters. The second-order valence-corrected chi connectivity index (χ2v) is 12.4. The van der Waals surface area contributed by atoms with Gasteiger partial charge in [0.1, 0.15) is 6.61 Å². The average molecular weight is 643 g/mol. The van der Waals surface area contributed by atoms with Gasteiger partial charge in [-0.15, -0.1) is 0 Å². The third-order valence-corrected chi connectivity index (χ3v) is 8.81. The molecule has 47 heavy (non-hydrogen) atoms. The first-order valence-electron chi connectivity index (χ1n) is 16.0. The van der Waals surface area contributed by atoms with Crippen LogP contribution >= 0.6 is 0 Å². The first kappa shape index (κ1) is 33.6. The van der Waals surface area contributed by atoms with E-state index in [4.69, 9.17) is 19.2 Å². The lowest BCUT2D eigenvalue weighted by atomic mass is 9.79. The van der Waals surface area contributed by atoms with Crippen molar-refractivity contribution in [2.45, 2.75) is 58.2 Å². The predicted octanol–water partition coefficient (Wildman–Crippen LogP) is 5.74. The molecule has 0 bridgehead atoms. The number of aliphatic imine (C=N–C) groups is 1. The molecule has 5 rings (SSSR count). The minimum Gasteiger partial charge on any atom is -0.493 e. The summed E-state index contributed by atoms with van der Waals surface area (Å²) in [6, 6.07) is 16.4. The van der Waals surface area contributed by atoms with Crippen LogP contribution in [0.1, 0.15) is 77.4 Å². The molecule has 0 unspecified atom stereocenters. The summed E-state index contributed by atoms with van der Waals surface area (Å²) in [6.45, 7) is 10.00. The van der Waals surface area contributed by atoms with E-state index in [0.717, 1.165) is 42.1 Å². The second kappa shape index (κ2) is 14.3. The fraction of sp³-hybridized carbons (Fsp3) is 0.417. The molecule has 11 nitrogen and oxygen atoms in total. The summed E-state index contributed by atoms with van der Waals surface area (Å²) < 4.78 is 17.1. The molecule has 3 aromatic rings. The highest BCUT2D eigenvalue weighted by molar-refractivity contribution is 6.15. The lowest BCUT2D eigenvalue weighted by molar-refractivity contribution is -0.384. The van der Waals surface area contributed by atoms with Gasteiger partial charge in [-0.25, -0.2) is 4.79 Å². The smallest absolute Gasteiger partial charge is 0.338 e. The summed E-state index contributed by atoms with van der Waals surface area (Å²) >= 11 is 0. The number of carbonyl (C=O) groups excluding carboxylic acids is 2. The van der Waals surface area contributed by atoms with Crippen molar-refractivity contribution >= 4 is 23.3 Å². The number of likely N-dealkylation sites (tertiary alicyclic amines) is 1. The molecule has 2 aliphatic heterocycles. The lowest BCUT2D eigenvalue weighted by Crippen LogP contribution is -2.46. The van der Waals surface area contributed by atoms with E-state index < -0.39 is 16.9 Å². The highest BCUT2D eigenvalue weighted by atomic mass is 16.6. The van der Waals surface area contributed by atoms with Crippen molar-refractivity contribution < 1.29 is 28.7 Å². The third-order valence-electron chi connectivity index (χ3n) is 8.81. The van der Waals surface area contributed by atoms with Crippen LogP contribution < -0.4 is 9.47 Å². The summed E-state index contributed by atoms with van der Waals surface area (Å²) in [7, 11) is 3.78. The molecule has 2 heterocycles. The largest absolute Gasteiger partial charge is 0.493 e. The van der Waals surface area contributed by atoms with Crippen molar-refractivity contribution in [2.24, 2.45) is 4.99 Å². The number of esters is 1. The van der Waals surface area contributed by atoms with Gasteiger partial charge in [-0.05, 0) is 89.7 Å². The van der Waals surface area contributed by atoms with Gasteiger partial charge in [-0.1, -0.05) is 12.1 Å². The number of benzene rings is 3. The van der Waals surface area contributed by atoms with Gasteiger partial charge in [0.05, 0.1) is 42.0 Å². The molecule has 0 spiro atoms. The first-order valence-corrected chi connectivity index (χ1v) is 16.0. The van der Waals surface area contributed by atoms with Crippen LogP contribution in [0.4, 0.5) is 5.69 Å². The van der Waals surface area contributed by atoms with E-state index in [9.17, 15) is 19.7 Å². The van der Waals surface area contributed by atoms with Gasteiger partial charge in [-0.3, -0.25) is 19.9 Å². The van der Waals surface area contributed by atoms with E-state index in [1.165, 1.54) is 29.8 Å². The Labute approximate surface area is 275 Å². The van der Waals surface area contributed by atoms with Crippen molar-refractivity contribution in [2.75, 3.05) is 40.5 Å². The van der Waals surface area contributed by atoms with E-state index in [2.05, 4.69) is 18.0 Å². The molecule has 0 aliphatic carbocycles. The maximum absolute atomic E-state index is 13.8. The standard InChI is InChI=1S/C36H42N4O7/c1-7-46-33-18-28-29(19-32(33)45-6)34(37-31-16-17-38(5)20-30(28)31)24-8-10-25(11-9-24)35(41)39(22(2)3)23(4)21-47-36(42)26-12-14-27(15-13-26)40(43)44/h8-15,18-19,22-23,30-31H,7,16-17,20-21H2,1-6H3/t23-,30-,31-/m1/s1. The minimum absolute atomic E-state index is 0.0330. The number of nitro benzene ring substituents is 1. The number of non-ortho nitro benzene ring substituents is 1. The molecule has 1 amide bonds. The maximum atomic E-state index is 13.8. The maximum Gasteiger partial charge on any atom is 0.338 e. The van der Waals surface area contributed by atoms with Gasteiger partial charge in [0, 0.05) is 47.3 Å². The zero-order valence-corrected chi connectivity index (χ0v) is 27.8. The van der Waals surface area contributed by atoms with Crippen LogP contribution in [0.3, 0.4) is 0 Å². The Morgan fingerprint density at radius 2 is 1.72 bits per heavy atom. The summed E-state index contributed by atoms with van der Waals surface area (Å²) in [5.41, 5.74) is 4.58. The Balaban J connectivity index is 1.36. The lowest BCUT2D eigenvalue weighted by Gasteiger charge is -2.39. The van der Waals surface area contributed by atoms with Gasteiger partial charge >= 0.3 is 5.97 Å². The van der Waals surface area contributed by atoms with Crippen LogP contribution in [0, 0.1) is 10.1 Å². The van der Waals surface area contributed by atoms with E-state index in [1.807, 2.05) is 58.0 Å². The van der Waals surface area contributed by atoms with Gasteiger partial charge in [-0.2, -0.15) is 0 Å². The second-order valence-electron chi connectivity index (χ2n) is 12.4. The molecule has 1 fully saturated rings. The predicted molar refractivity (Wildman–Crippen MR) is 179 cm³/mol. The SMILES string of the molecule is CCOc1cc2c(cc1OC)C(c1ccc(C(=O)N(C(C)C)[C@H](C)COC(=O)c3ccc([N+](=O)[O-])cc3)cc1)=N[C@@H]1CCN(C)C[C@H]21. The fourth-order valence-corrected chi connectivity index (χ4v) is 6.49.